The SMILES string of the molecule is Nc1ccc(/C=C2/C=Cc3ccccc32)cc1. The number of hydrogen-bond acceptors (Lipinski definition) is 1. The predicted octanol–water partition coefficient (Wildman–Crippen LogP) is 3.84. The highest BCUT2D eigenvalue weighted by atomic mass is 14.5. The third-order valence-electron chi connectivity index (χ3n) is 2.97. The maximum absolute atomic E-state index is 5.68. The predicted molar refractivity (Wildman–Crippen MR) is 74.2 cm³/mol. The second-order valence-corrected chi connectivity index (χ2v) is 4.19. The fourth-order valence-electron chi connectivity index (χ4n) is 2.07. The Labute approximate surface area is 101 Å². The zero-order valence-electron chi connectivity index (χ0n) is 9.43. The lowest BCUT2D eigenvalue weighted by Gasteiger charge is -2.01. The van der Waals surface area contributed by atoms with Crippen molar-refractivity contribution in [2.24, 2.45) is 0 Å². The van der Waals surface area contributed by atoms with E-state index in [1.807, 2.05) is 24.3 Å². The van der Waals surface area contributed by atoms with Gasteiger partial charge in [-0.25, -0.2) is 0 Å². The second kappa shape index (κ2) is 3.95. The normalized spacial score (nSPS) is 15.2. The molecular formula is C16H13N. The van der Waals surface area contributed by atoms with Crippen LogP contribution in [0.3, 0.4) is 0 Å². The van der Waals surface area contributed by atoms with Crippen LogP contribution in [0.1, 0.15) is 16.7 Å². The van der Waals surface area contributed by atoms with Gasteiger partial charge in [-0.15, -0.1) is 0 Å². The minimum Gasteiger partial charge on any atom is -0.399 e. The van der Waals surface area contributed by atoms with E-state index in [4.69, 9.17) is 5.73 Å². The van der Waals surface area contributed by atoms with Crippen molar-refractivity contribution in [3.63, 3.8) is 0 Å². The molecule has 0 unspecified atom stereocenters. The first-order chi connectivity index (χ1) is 8.33. The van der Waals surface area contributed by atoms with Gasteiger partial charge in [-0.2, -0.15) is 0 Å². The van der Waals surface area contributed by atoms with Gasteiger partial charge in [-0.3, -0.25) is 0 Å². The summed E-state index contributed by atoms with van der Waals surface area (Å²) < 4.78 is 0. The molecule has 82 valence electrons. The molecule has 0 aromatic heterocycles. The molecule has 0 radical (unpaired) electrons. The fraction of sp³-hybridized carbons (Fsp3) is 0. The van der Waals surface area contributed by atoms with E-state index in [0.717, 1.165) is 5.69 Å². The zero-order valence-corrected chi connectivity index (χ0v) is 9.43. The van der Waals surface area contributed by atoms with Crippen LogP contribution in [-0.4, -0.2) is 0 Å². The van der Waals surface area contributed by atoms with Crippen molar-refractivity contribution >= 4 is 23.4 Å². The van der Waals surface area contributed by atoms with Crippen LogP contribution >= 0.6 is 0 Å². The molecule has 0 spiro atoms. The number of benzene rings is 2. The number of nitrogen functional groups attached to an aromatic ring is 1. The van der Waals surface area contributed by atoms with Crippen molar-refractivity contribution in [2.45, 2.75) is 0 Å². The first-order valence-corrected chi connectivity index (χ1v) is 5.68. The molecule has 1 aliphatic rings. The van der Waals surface area contributed by atoms with Crippen LogP contribution in [0.2, 0.25) is 0 Å². The van der Waals surface area contributed by atoms with Crippen molar-refractivity contribution in [3.8, 4) is 0 Å². The maximum atomic E-state index is 5.68. The molecule has 0 bridgehead atoms. The Kier molecular flexibility index (Phi) is 2.30. The van der Waals surface area contributed by atoms with Crippen LogP contribution in [0, 0.1) is 0 Å². The minimum absolute atomic E-state index is 0.800. The molecule has 0 amide bonds. The van der Waals surface area contributed by atoms with Gasteiger partial charge in [0, 0.05) is 5.69 Å². The molecule has 1 nitrogen and oxygen atoms in total. The molecule has 0 fully saturated rings. The van der Waals surface area contributed by atoms with Crippen LogP contribution < -0.4 is 5.73 Å². The molecule has 0 atom stereocenters. The molecule has 1 aliphatic carbocycles. The third kappa shape index (κ3) is 1.87. The molecule has 0 saturated heterocycles. The first kappa shape index (κ1) is 9.91. The minimum atomic E-state index is 0.800. The first-order valence-electron chi connectivity index (χ1n) is 5.68. The average Bonchev–Trinajstić information content (AvgIpc) is 2.76. The summed E-state index contributed by atoms with van der Waals surface area (Å²) in [5.74, 6) is 0. The van der Waals surface area contributed by atoms with Gasteiger partial charge < -0.3 is 5.73 Å². The van der Waals surface area contributed by atoms with Crippen LogP contribution in [0.4, 0.5) is 5.69 Å². The summed E-state index contributed by atoms with van der Waals surface area (Å²) in [5, 5.41) is 0. The van der Waals surface area contributed by atoms with E-state index in [2.05, 4.69) is 42.5 Å². The third-order valence-corrected chi connectivity index (χ3v) is 2.97. The molecule has 0 heterocycles. The van der Waals surface area contributed by atoms with Crippen molar-refractivity contribution < 1.29 is 0 Å². The molecule has 2 aromatic rings. The summed E-state index contributed by atoms with van der Waals surface area (Å²) in [6.45, 7) is 0. The molecular weight excluding hydrogens is 206 g/mol. The van der Waals surface area contributed by atoms with Gasteiger partial charge in [0.15, 0.2) is 0 Å². The number of anilines is 1. The van der Waals surface area contributed by atoms with Crippen molar-refractivity contribution in [2.75, 3.05) is 5.73 Å². The number of nitrogens with two attached hydrogens (primary N) is 1. The number of hydrogen-bond donors (Lipinski definition) is 1. The fourth-order valence-corrected chi connectivity index (χ4v) is 2.07. The Morgan fingerprint density at radius 2 is 1.59 bits per heavy atom. The Hall–Kier alpha value is -2.28. The number of fused-ring (bicyclic) bond motifs is 1. The van der Waals surface area contributed by atoms with Crippen molar-refractivity contribution in [3.05, 3.63) is 71.3 Å². The van der Waals surface area contributed by atoms with Gasteiger partial charge >= 0.3 is 0 Å². The molecule has 17 heavy (non-hydrogen) atoms. The average molecular weight is 219 g/mol. The molecule has 2 N–H and O–H groups in total. The summed E-state index contributed by atoms with van der Waals surface area (Å²) >= 11 is 0. The lowest BCUT2D eigenvalue weighted by atomic mass is 10.0. The summed E-state index contributed by atoms with van der Waals surface area (Å²) in [7, 11) is 0. The summed E-state index contributed by atoms with van der Waals surface area (Å²) in [6, 6.07) is 16.4. The van der Waals surface area contributed by atoms with Crippen LogP contribution in [-0.2, 0) is 0 Å². The molecule has 0 saturated carbocycles. The van der Waals surface area contributed by atoms with E-state index in [9.17, 15) is 0 Å². The van der Waals surface area contributed by atoms with Gasteiger partial charge in [0.25, 0.3) is 0 Å². The van der Waals surface area contributed by atoms with Crippen LogP contribution in [0.25, 0.3) is 17.7 Å². The molecule has 0 aliphatic heterocycles. The summed E-state index contributed by atoms with van der Waals surface area (Å²) in [4.78, 5) is 0. The van der Waals surface area contributed by atoms with E-state index in [-0.39, 0.29) is 0 Å². The van der Waals surface area contributed by atoms with Crippen LogP contribution in [0.5, 0.6) is 0 Å². The van der Waals surface area contributed by atoms with Crippen molar-refractivity contribution in [1.82, 2.24) is 0 Å². The Morgan fingerprint density at radius 3 is 2.41 bits per heavy atom. The summed E-state index contributed by atoms with van der Waals surface area (Å²) in [5.41, 5.74) is 11.5. The molecule has 3 rings (SSSR count). The Bertz CT molecular complexity index is 604. The number of allylic oxidation sites excluding steroid dienone is 2. The van der Waals surface area contributed by atoms with Gasteiger partial charge in [-0.05, 0) is 40.5 Å². The van der Waals surface area contributed by atoms with E-state index in [1.165, 1.54) is 22.3 Å². The summed E-state index contributed by atoms with van der Waals surface area (Å²) in [6.07, 6.45) is 6.49. The van der Waals surface area contributed by atoms with E-state index >= 15 is 0 Å². The van der Waals surface area contributed by atoms with E-state index in [1.54, 1.807) is 0 Å². The lowest BCUT2D eigenvalue weighted by molar-refractivity contribution is 1.61. The monoisotopic (exact) mass is 219 g/mol. The highest BCUT2D eigenvalue weighted by Crippen LogP contribution is 2.30. The highest BCUT2D eigenvalue weighted by Gasteiger charge is 2.08. The second-order valence-electron chi connectivity index (χ2n) is 4.19. The van der Waals surface area contributed by atoms with Gasteiger partial charge in [0.1, 0.15) is 0 Å². The molecule has 2 aromatic carbocycles. The Balaban J connectivity index is 2.02. The quantitative estimate of drug-likeness (QED) is 0.724. The van der Waals surface area contributed by atoms with Gasteiger partial charge in [0.2, 0.25) is 0 Å². The number of rotatable bonds is 1. The zero-order chi connectivity index (χ0) is 11.7. The Morgan fingerprint density at radius 1 is 0.824 bits per heavy atom. The standard InChI is InChI=1S/C16H13N/c17-15-9-5-12(6-10-15)11-14-8-7-13-3-1-2-4-16(13)14/h1-11H,17H2/b14-11-. The van der Waals surface area contributed by atoms with Gasteiger partial charge in [-0.1, -0.05) is 48.6 Å². The van der Waals surface area contributed by atoms with E-state index < -0.39 is 0 Å². The molecule has 1 heteroatoms. The maximum Gasteiger partial charge on any atom is 0.0314 e. The smallest absolute Gasteiger partial charge is 0.0314 e. The highest BCUT2D eigenvalue weighted by molar-refractivity contribution is 5.97. The van der Waals surface area contributed by atoms with Crippen LogP contribution in [0.15, 0.2) is 54.6 Å². The largest absolute Gasteiger partial charge is 0.399 e. The lowest BCUT2D eigenvalue weighted by Crippen LogP contribution is -1.84. The van der Waals surface area contributed by atoms with Crippen molar-refractivity contribution in [1.29, 1.82) is 0 Å². The van der Waals surface area contributed by atoms with E-state index in [0.29, 0.717) is 0 Å². The van der Waals surface area contributed by atoms with Gasteiger partial charge in [0.05, 0.1) is 0 Å². The topological polar surface area (TPSA) is 26.0 Å².